The third kappa shape index (κ3) is 2.99. The smallest absolute Gasteiger partial charge is 0.239 e. The highest BCUT2D eigenvalue weighted by Gasteiger charge is 2.37. The van der Waals surface area contributed by atoms with E-state index in [0.29, 0.717) is 31.0 Å². The molecule has 144 valence electrons. The van der Waals surface area contributed by atoms with E-state index in [1.165, 1.54) is 17.5 Å². The van der Waals surface area contributed by atoms with E-state index in [0.717, 1.165) is 24.1 Å². The van der Waals surface area contributed by atoms with E-state index >= 15 is 0 Å². The maximum atomic E-state index is 12.8. The second-order valence-corrected chi connectivity index (χ2v) is 7.54. The molecule has 0 spiro atoms. The molecular formula is C22H22N2O4. The summed E-state index contributed by atoms with van der Waals surface area (Å²) in [5, 5.41) is 2.89. The Morgan fingerprint density at radius 3 is 2.86 bits per heavy atom. The molecule has 28 heavy (non-hydrogen) atoms. The number of anilines is 1. The first-order valence-electron chi connectivity index (χ1n) is 9.78. The van der Waals surface area contributed by atoms with Gasteiger partial charge in [0, 0.05) is 18.8 Å². The zero-order chi connectivity index (χ0) is 19.1. The molecule has 2 amide bonds. The van der Waals surface area contributed by atoms with Crippen LogP contribution in [0.1, 0.15) is 29.5 Å². The average Bonchev–Trinajstić information content (AvgIpc) is 3.44. The fourth-order valence-electron chi connectivity index (χ4n) is 4.27. The molecule has 1 N–H and O–H groups in total. The number of hydrogen-bond acceptors (Lipinski definition) is 4. The predicted molar refractivity (Wildman–Crippen MR) is 103 cm³/mol. The molecule has 1 atom stereocenters. The SMILES string of the molecule is O=C(NCc1ccc2c(c1)OCO2)C1CCN(c2ccc3c(c2)CCC3)C1=O. The topological polar surface area (TPSA) is 67.9 Å². The minimum atomic E-state index is -0.623. The molecule has 6 nitrogen and oxygen atoms in total. The molecule has 2 aliphatic heterocycles. The van der Waals surface area contributed by atoms with E-state index in [-0.39, 0.29) is 18.6 Å². The van der Waals surface area contributed by atoms with E-state index in [2.05, 4.69) is 17.4 Å². The second kappa shape index (κ2) is 6.86. The monoisotopic (exact) mass is 378 g/mol. The molecule has 1 fully saturated rings. The maximum absolute atomic E-state index is 12.8. The summed E-state index contributed by atoms with van der Waals surface area (Å²) in [4.78, 5) is 27.2. The molecule has 3 aliphatic rings. The molecule has 2 aromatic rings. The lowest BCUT2D eigenvalue weighted by molar-refractivity contribution is -0.132. The molecule has 0 saturated carbocycles. The first-order valence-corrected chi connectivity index (χ1v) is 9.78. The van der Waals surface area contributed by atoms with Crippen LogP contribution in [0.4, 0.5) is 5.69 Å². The van der Waals surface area contributed by atoms with Crippen LogP contribution in [0.3, 0.4) is 0 Å². The highest BCUT2D eigenvalue weighted by molar-refractivity contribution is 6.09. The Bertz CT molecular complexity index is 956. The summed E-state index contributed by atoms with van der Waals surface area (Å²) >= 11 is 0. The summed E-state index contributed by atoms with van der Waals surface area (Å²) < 4.78 is 10.7. The Morgan fingerprint density at radius 2 is 1.93 bits per heavy atom. The van der Waals surface area contributed by atoms with Crippen molar-refractivity contribution in [1.29, 1.82) is 0 Å². The van der Waals surface area contributed by atoms with Gasteiger partial charge in [-0.3, -0.25) is 9.59 Å². The van der Waals surface area contributed by atoms with Gasteiger partial charge in [0.25, 0.3) is 0 Å². The van der Waals surface area contributed by atoms with Crippen molar-refractivity contribution < 1.29 is 19.1 Å². The van der Waals surface area contributed by atoms with Gasteiger partial charge in [0.15, 0.2) is 11.5 Å². The minimum absolute atomic E-state index is 0.110. The number of benzene rings is 2. The molecule has 0 aromatic heterocycles. The van der Waals surface area contributed by atoms with Crippen molar-refractivity contribution in [2.24, 2.45) is 5.92 Å². The largest absolute Gasteiger partial charge is 0.454 e. The molecule has 0 bridgehead atoms. The molecule has 6 heteroatoms. The Labute approximate surface area is 163 Å². The third-order valence-corrected chi connectivity index (χ3v) is 5.82. The zero-order valence-electron chi connectivity index (χ0n) is 15.6. The first kappa shape index (κ1) is 17.1. The number of rotatable bonds is 4. The van der Waals surface area contributed by atoms with E-state index in [1.54, 1.807) is 4.90 Å². The standard InChI is InChI=1S/C22H22N2O4/c25-21(23-12-14-4-7-19-20(10-14)28-13-27-19)18-8-9-24(22(18)26)17-6-5-15-2-1-3-16(15)11-17/h4-7,10-11,18H,1-3,8-9,12-13H2,(H,23,25). The van der Waals surface area contributed by atoms with Crippen molar-refractivity contribution in [3.05, 3.63) is 53.1 Å². The number of hydrogen-bond donors (Lipinski definition) is 1. The molecule has 5 rings (SSSR count). The van der Waals surface area contributed by atoms with Crippen LogP contribution in [0.15, 0.2) is 36.4 Å². The van der Waals surface area contributed by atoms with Gasteiger partial charge in [-0.25, -0.2) is 0 Å². The summed E-state index contributed by atoms with van der Waals surface area (Å²) in [6, 6.07) is 11.8. The van der Waals surface area contributed by atoms with Crippen molar-refractivity contribution in [2.75, 3.05) is 18.2 Å². The van der Waals surface area contributed by atoms with Crippen LogP contribution in [0, 0.1) is 5.92 Å². The molecule has 1 aliphatic carbocycles. The number of nitrogens with one attached hydrogen (secondary N) is 1. The Morgan fingerprint density at radius 1 is 1.07 bits per heavy atom. The van der Waals surface area contributed by atoms with Gasteiger partial charge in [-0.2, -0.15) is 0 Å². The van der Waals surface area contributed by atoms with Gasteiger partial charge in [-0.1, -0.05) is 12.1 Å². The number of aryl methyl sites for hydroxylation is 2. The van der Waals surface area contributed by atoms with Gasteiger partial charge >= 0.3 is 0 Å². The van der Waals surface area contributed by atoms with Gasteiger partial charge in [-0.15, -0.1) is 0 Å². The van der Waals surface area contributed by atoms with Crippen molar-refractivity contribution in [2.45, 2.75) is 32.2 Å². The Kier molecular flexibility index (Phi) is 4.19. The van der Waals surface area contributed by atoms with Crippen LogP contribution in [0.5, 0.6) is 11.5 Å². The molecular weight excluding hydrogens is 356 g/mol. The Hall–Kier alpha value is -3.02. The number of fused-ring (bicyclic) bond motifs is 2. The van der Waals surface area contributed by atoms with Crippen molar-refractivity contribution in [3.8, 4) is 11.5 Å². The molecule has 2 heterocycles. The lowest BCUT2D eigenvalue weighted by Crippen LogP contribution is -2.36. The lowest BCUT2D eigenvalue weighted by Gasteiger charge is -2.18. The van der Waals surface area contributed by atoms with Crippen LogP contribution >= 0.6 is 0 Å². The number of carbonyl (C=O) groups is 2. The fourth-order valence-corrected chi connectivity index (χ4v) is 4.27. The van der Waals surface area contributed by atoms with Crippen molar-refractivity contribution >= 4 is 17.5 Å². The van der Waals surface area contributed by atoms with Crippen molar-refractivity contribution in [1.82, 2.24) is 5.32 Å². The van der Waals surface area contributed by atoms with E-state index < -0.39 is 5.92 Å². The second-order valence-electron chi connectivity index (χ2n) is 7.54. The predicted octanol–water partition coefficient (Wildman–Crippen LogP) is 2.57. The first-order chi connectivity index (χ1) is 13.7. The summed E-state index contributed by atoms with van der Waals surface area (Å²) in [5.74, 6) is 0.451. The van der Waals surface area contributed by atoms with Gasteiger partial charge in [-0.05, 0) is 66.6 Å². The molecule has 2 aromatic carbocycles. The average molecular weight is 378 g/mol. The summed E-state index contributed by atoms with van der Waals surface area (Å²) in [6.07, 6.45) is 3.92. The summed E-state index contributed by atoms with van der Waals surface area (Å²) in [7, 11) is 0. The quantitative estimate of drug-likeness (QED) is 0.831. The van der Waals surface area contributed by atoms with E-state index in [9.17, 15) is 9.59 Å². The fraction of sp³-hybridized carbons (Fsp3) is 0.364. The number of ether oxygens (including phenoxy) is 2. The summed E-state index contributed by atoms with van der Waals surface area (Å²) in [5.41, 5.74) is 4.55. The van der Waals surface area contributed by atoms with Crippen LogP contribution in [0.25, 0.3) is 0 Å². The highest BCUT2D eigenvalue weighted by Crippen LogP contribution is 2.33. The third-order valence-electron chi connectivity index (χ3n) is 5.82. The van der Waals surface area contributed by atoms with Gasteiger partial charge in [0.1, 0.15) is 5.92 Å². The van der Waals surface area contributed by atoms with Gasteiger partial charge in [0.2, 0.25) is 18.6 Å². The normalized spacial score (nSPS) is 19.8. The minimum Gasteiger partial charge on any atom is -0.454 e. The van der Waals surface area contributed by atoms with E-state index in [4.69, 9.17) is 9.47 Å². The highest BCUT2D eigenvalue weighted by atomic mass is 16.7. The zero-order valence-corrected chi connectivity index (χ0v) is 15.6. The number of carbonyl (C=O) groups excluding carboxylic acids is 2. The Balaban J connectivity index is 1.23. The van der Waals surface area contributed by atoms with E-state index in [1.807, 2.05) is 24.3 Å². The summed E-state index contributed by atoms with van der Waals surface area (Å²) in [6.45, 7) is 1.16. The van der Waals surface area contributed by atoms with Crippen LogP contribution in [0.2, 0.25) is 0 Å². The van der Waals surface area contributed by atoms with Gasteiger partial charge < -0.3 is 19.7 Å². The molecule has 1 unspecified atom stereocenters. The molecule has 1 saturated heterocycles. The maximum Gasteiger partial charge on any atom is 0.239 e. The van der Waals surface area contributed by atoms with Crippen molar-refractivity contribution in [3.63, 3.8) is 0 Å². The number of nitrogens with zero attached hydrogens (tertiary/aromatic N) is 1. The van der Waals surface area contributed by atoms with Crippen LogP contribution in [-0.4, -0.2) is 25.2 Å². The van der Waals surface area contributed by atoms with Crippen LogP contribution in [-0.2, 0) is 29.0 Å². The van der Waals surface area contributed by atoms with Gasteiger partial charge in [0.05, 0.1) is 0 Å². The molecule has 0 radical (unpaired) electrons. The van der Waals surface area contributed by atoms with Crippen LogP contribution < -0.4 is 19.7 Å². The lowest BCUT2D eigenvalue weighted by atomic mass is 10.1. The number of amides is 2.